The van der Waals surface area contributed by atoms with Crippen LogP contribution < -0.4 is 0 Å². The SMILES string of the molecule is CCC1CC(C(CC(=O)OC)OC(C)=O)C(CC)O1.CCC1CC(C(O)CC(=O)OC(C)C)C(CC)O1.CCC1CC(CC(C)(O)CC(=O)OC(C)(C)C)C(CC)O1.CCC1CC(CC(O)CC(=O)OC)C(CC)O1.CCC1CC(CCC(=O)OC)C(CC)O1.CCOC(=O)CC(C)(O)C1CC(CC)OC1CC. The highest BCUT2D eigenvalue weighted by Crippen LogP contribution is 2.42. The molecule has 0 aromatic carbocycles. The van der Waals surface area contributed by atoms with E-state index < -0.39 is 35.1 Å². The summed E-state index contributed by atoms with van der Waals surface area (Å²) in [6.45, 7) is 41.2. The second kappa shape index (κ2) is 53.1. The van der Waals surface area contributed by atoms with E-state index in [0.29, 0.717) is 61.9 Å². The zero-order chi connectivity index (χ0) is 82.2. The molecule has 0 aliphatic carbocycles. The first-order valence-corrected chi connectivity index (χ1v) is 41.5. The normalized spacial score (nSPS) is 29.7. The lowest BCUT2D eigenvalue weighted by atomic mass is 9.79. The quantitative estimate of drug-likeness (QED) is 0.0338. The Kier molecular flexibility index (Phi) is 50.1. The molecule has 6 fully saturated rings. The Morgan fingerprint density at radius 1 is 0.435 bits per heavy atom. The first kappa shape index (κ1) is 102. The van der Waals surface area contributed by atoms with Crippen LogP contribution in [0.25, 0.3) is 0 Å². The Morgan fingerprint density at radius 3 is 1.29 bits per heavy atom. The van der Waals surface area contributed by atoms with Gasteiger partial charge in [-0.1, -0.05) is 83.1 Å². The summed E-state index contributed by atoms with van der Waals surface area (Å²) in [6.07, 6.45) is 20.7. The summed E-state index contributed by atoms with van der Waals surface area (Å²) in [5.74, 6) is -0.835. The molecule has 634 valence electrons. The van der Waals surface area contributed by atoms with Gasteiger partial charge in [0.25, 0.3) is 0 Å². The van der Waals surface area contributed by atoms with Gasteiger partial charge in [0.05, 0.1) is 163 Å². The van der Waals surface area contributed by atoms with Gasteiger partial charge in [-0.3, -0.25) is 33.6 Å². The molecule has 0 aromatic rings. The number of ether oxygens (including phenoxy) is 13. The highest BCUT2D eigenvalue weighted by Gasteiger charge is 2.47. The van der Waals surface area contributed by atoms with E-state index in [9.17, 15) is 54.0 Å². The van der Waals surface area contributed by atoms with Crippen LogP contribution in [0.4, 0.5) is 0 Å². The molecular formula is C84H154O24. The minimum atomic E-state index is -1.04. The van der Waals surface area contributed by atoms with Crippen LogP contribution in [0.3, 0.4) is 0 Å². The molecule has 23 atom stereocenters. The predicted molar refractivity (Wildman–Crippen MR) is 414 cm³/mol. The minimum Gasteiger partial charge on any atom is -0.469 e. The van der Waals surface area contributed by atoms with Crippen LogP contribution in [0.1, 0.15) is 319 Å². The Hall–Kier alpha value is -4.11. The van der Waals surface area contributed by atoms with E-state index in [-0.39, 0.29) is 153 Å². The molecule has 0 bridgehead atoms. The van der Waals surface area contributed by atoms with E-state index >= 15 is 0 Å². The highest BCUT2D eigenvalue weighted by atomic mass is 16.6. The fourth-order valence-electron chi connectivity index (χ4n) is 16.0. The van der Waals surface area contributed by atoms with Crippen molar-refractivity contribution in [3.05, 3.63) is 0 Å². The third kappa shape index (κ3) is 38.6. The van der Waals surface area contributed by atoms with Gasteiger partial charge in [-0.15, -0.1) is 0 Å². The first-order chi connectivity index (χ1) is 50.8. The van der Waals surface area contributed by atoms with Crippen LogP contribution in [-0.4, -0.2) is 205 Å². The van der Waals surface area contributed by atoms with Gasteiger partial charge >= 0.3 is 41.8 Å². The molecule has 23 unspecified atom stereocenters. The van der Waals surface area contributed by atoms with Crippen molar-refractivity contribution in [3.63, 3.8) is 0 Å². The second-order valence-electron chi connectivity index (χ2n) is 32.1. The summed E-state index contributed by atoms with van der Waals surface area (Å²) in [5.41, 5.74) is -2.59. The molecule has 6 aliphatic rings. The fourth-order valence-corrected chi connectivity index (χ4v) is 16.0. The van der Waals surface area contributed by atoms with Crippen LogP contribution in [0, 0.1) is 35.5 Å². The number of hydrogen-bond donors (Lipinski definition) is 4. The van der Waals surface area contributed by atoms with Crippen molar-refractivity contribution in [1.29, 1.82) is 0 Å². The standard InChI is InChI=1S/C17H32O4.C14H24O5.2C14H26O4.C13H24O4.C12H22O3/c1-7-13-9-12(14(8-2)20-13)10-17(6,19)11-15(18)21-16(3,4)5;1-5-10-7-11(12(6-2)19-10)13(18-9(3)15)8-14(16)17-4;1-5-10-7-11(13(6-2)18-10)12(15)8-14(16)17-9(3)4;1-5-10-8-11(12(6-2)18-10)14(4,16)9-13(15)17-7-3;1-4-11-7-9(12(5-2)17-11)6-10(14)8-13(15)16-3;1-4-10-8-9(11(5-2)15-10)6-7-12(13)14-3/h12-14,19H,7-11H2,1-6H3;10-13H,5-8H2,1-4H3;9-13,15H,5-8H2,1-4H3;10-12,16H,5-9H2,1-4H3;9-12,14H,4-8H2,1-3H3;9-11H,4-8H2,1-3H3. The summed E-state index contributed by atoms with van der Waals surface area (Å²) in [5, 5.41) is 41.1. The maximum atomic E-state index is 11.9. The van der Waals surface area contributed by atoms with Gasteiger partial charge in [-0.05, 0) is 208 Å². The van der Waals surface area contributed by atoms with Crippen molar-refractivity contribution in [2.45, 2.75) is 433 Å². The lowest BCUT2D eigenvalue weighted by Crippen LogP contribution is -2.41. The predicted octanol–water partition coefficient (Wildman–Crippen LogP) is 14.5. The van der Waals surface area contributed by atoms with Gasteiger partial charge in [-0.2, -0.15) is 0 Å². The van der Waals surface area contributed by atoms with Gasteiger partial charge in [-0.25, -0.2) is 0 Å². The molecule has 0 spiro atoms. The van der Waals surface area contributed by atoms with Crippen LogP contribution in [0.5, 0.6) is 0 Å². The summed E-state index contributed by atoms with van der Waals surface area (Å²) in [4.78, 5) is 79.8. The molecule has 6 aliphatic heterocycles. The van der Waals surface area contributed by atoms with E-state index in [4.69, 9.17) is 47.4 Å². The number of aliphatic hydroxyl groups excluding tert-OH is 2. The minimum absolute atomic E-state index is 0.0110. The number of carbonyl (C=O) groups is 7. The van der Waals surface area contributed by atoms with Crippen molar-refractivity contribution in [1.82, 2.24) is 0 Å². The molecule has 24 nitrogen and oxygen atoms in total. The molecule has 6 heterocycles. The van der Waals surface area contributed by atoms with Crippen molar-refractivity contribution in [2.24, 2.45) is 35.5 Å². The van der Waals surface area contributed by atoms with E-state index in [1.807, 2.05) is 41.5 Å². The second-order valence-corrected chi connectivity index (χ2v) is 32.1. The molecule has 0 radical (unpaired) electrons. The first-order valence-electron chi connectivity index (χ1n) is 41.5. The summed E-state index contributed by atoms with van der Waals surface area (Å²) in [6, 6.07) is 0. The average molecular weight is 1550 g/mol. The topological polar surface area (TPSA) is 320 Å². The lowest BCUT2D eigenvalue weighted by molar-refractivity contribution is -0.161. The van der Waals surface area contributed by atoms with Crippen LogP contribution >= 0.6 is 0 Å². The molecular weight excluding hydrogens is 1390 g/mol. The van der Waals surface area contributed by atoms with Gasteiger partial charge in [0.1, 0.15) is 11.7 Å². The monoisotopic (exact) mass is 1550 g/mol. The number of methoxy groups -OCH3 is 3. The van der Waals surface area contributed by atoms with Crippen molar-refractivity contribution >= 4 is 41.8 Å². The largest absolute Gasteiger partial charge is 0.469 e. The third-order valence-corrected chi connectivity index (χ3v) is 21.6. The molecule has 6 saturated heterocycles. The number of esters is 7. The Labute approximate surface area is 651 Å². The summed E-state index contributed by atoms with van der Waals surface area (Å²) in [7, 11) is 4.12. The zero-order valence-electron chi connectivity index (χ0n) is 71.5. The molecule has 108 heavy (non-hydrogen) atoms. The number of rotatable bonds is 35. The Morgan fingerprint density at radius 2 is 0.843 bits per heavy atom. The molecule has 0 amide bonds. The summed E-state index contributed by atoms with van der Waals surface area (Å²) >= 11 is 0. The molecule has 4 N–H and O–H groups in total. The number of hydrogen-bond acceptors (Lipinski definition) is 24. The van der Waals surface area contributed by atoms with Gasteiger partial charge < -0.3 is 82.0 Å². The number of aliphatic hydroxyl groups is 4. The maximum absolute atomic E-state index is 11.9. The Bertz CT molecular complexity index is 2500. The maximum Gasteiger partial charge on any atom is 0.309 e. The van der Waals surface area contributed by atoms with Crippen molar-refractivity contribution in [2.75, 3.05) is 27.9 Å². The van der Waals surface area contributed by atoms with E-state index in [2.05, 4.69) is 90.4 Å². The van der Waals surface area contributed by atoms with Crippen LogP contribution in [0.2, 0.25) is 0 Å². The summed E-state index contributed by atoms with van der Waals surface area (Å²) < 4.78 is 69.9. The van der Waals surface area contributed by atoms with E-state index in [0.717, 1.165) is 122 Å². The highest BCUT2D eigenvalue weighted by molar-refractivity contribution is 5.73. The van der Waals surface area contributed by atoms with Crippen molar-refractivity contribution < 1.29 is 116 Å². The van der Waals surface area contributed by atoms with Crippen LogP contribution in [0.15, 0.2) is 0 Å². The lowest BCUT2D eigenvalue weighted by Gasteiger charge is -2.32. The van der Waals surface area contributed by atoms with Crippen LogP contribution in [-0.2, 0) is 95.1 Å². The molecule has 24 heteroatoms. The van der Waals surface area contributed by atoms with Gasteiger partial charge in [0.15, 0.2) is 0 Å². The molecule has 6 rings (SSSR count). The van der Waals surface area contributed by atoms with Crippen molar-refractivity contribution in [3.8, 4) is 0 Å². The fraction of sp³-hybridized carbons (Fsp3) is 0.917. The third-order valence-electron chi connectivity index (χ3n) is 21.6. The zero-order valence-corrected chi connectivity index (χ0v) is 71.5. The van der Waals surface area contributed by atoms with E-state index in [1.54, 1.807) is 20.8 Å². The van der Waals surface area contributed by atoms with E-state index in [1.165, 1.54) is 28.3 Å². The molecule has 0 aromatic heterocycles. The van der Waals surface area contributed by atoms with Gasteiger partial charge in [0, 0.05) is 31.1 Å². The smallest absolute Gasteiger partial charge is 0.309 e. The average Bonchev–Trinajstić information content (AvgIpc) is 1.66. The molecule has 0 saturated carbocycles. The van der Waals surface area contributed by atoms with Gasteiger partial charge in [0.2, 0.25) is 0 Å². The Balaban J connectivity index is 0.000000650. The number of carbonyl (C=O) groups excluding carboxylic acids is 7.